The van der Waals surface area contributed by atoms with Crippen molar-refractivity contribution >= 4 is 38.2 Å². The number of furan rings is 1. The SMILES string of the molecule is CCC(C)(C)[C@@H]1CCc2c(sc3c2C(=O)N[C@@H](c2ccc(-c4cccc(Br)c4)o2)N3)C1. The molecule has 2 N–H and O–H groups in total. The number of amides is 1. The van der Waals surface area contributed by atoms with E-state index in [1.807, 2.05) is 36.4 Å². The second-order valence-corrected chi connectivity index (χ2v) is 11.3. The molecule has 162 valence electrons. The zero-order valence-electron chi connectivity index (χ0n) is 18.0. The molecule has 0 spiro atoms. The number of halogens is 1. The number of hydrogen-bond acceptors (Lipinski definition) is 4. The fraction of sp³-hybridized carbons (Fsp3) is 0.400. The van der Waals surface area contributed by atoms with E-state index in [1.54, 1.807) is 11.3 Å². The lowest BCUT2D eigenvalue weighted by Gasteiger charge is -2.36. The zero-order valence-corrected chi connectivity index (χ0v) is 20.5. The lowest BCUT2D eigenvalue weighted by molar-refractivity contribution is 0.0930. The van der Waals surface area contributed by atoms with Crippen LogP contribution in [0.1, 0.15) is 66.3 Å². The second kappa shape index (κ2) is 7.82. The molecule has 0 radical (unpaired) electrons. The summed E-state index contributed by atoms with van der Waals surface area (Å²) in [6.45, 7) is 7.02. The Kier molecular flexibility index (Phi) is 5.25. The molecule has 3 heterocycles. The standard InChI is InChI=1S/C25H27BrN2O2S/c1-4-25(2,3)15-8-9-17-20(13-15)31-24-21(17)23(29)27-22(28-24)19-11-10-18(30-19)14-6-5-7-16(26)12-14/h5-7,10-12,15,22,28H,4,8-9,13H2,1-3H3,(H,27,29)/t15-,22-/m1/s1. The Labute approximate surface area is 195 Å². The van der Waals surface area contributed by atoms with Gasteiger partial charge in [-0.3, -0.25) is 4.79 Å². The van der Waals surface area contributed by atoms with E-state index < -0.39 is 0 Å². The van der Waals surface area contributed by atoms with Crippen molar-refractivity contribution in [1.82, 2.24) is 5.32 Å². The second-order valence-electron chi connectivity index (χ2n) is 9.25. The molecule has 0 saturated carbocycles. The van der Waals surface area contributed by atoms with Crippen LogP contribution in [0.15, 0.2) is 45.3 Å². The van der Waals surface area contributed by atoms with E-state index in [2.05, 4.69) is 47.3 Å². The quantitative estimate of drug-likeness (QED) is 0.400. The van der Waals surface area contributed by atoms with E-state index in [4.69, 9.17) is 4.42 Å². The number of nitrogens with one attached hydrogen (secondary N) is 2. The molecule has 1 aromatic carbocycles. The van der Waals surface area contributed by atoms with Crippen LogP contribution < -0.4 is 10.6 Å². The molecule has 0 bridgehead atoms. The molecule has 4 nitrogen and oxygen atoms in total. The molecular formula is C25H27BrN2O2S. The molecule has 2 aromatic heterocycles. The Bertz CT molecular complexity index is 1150. The highest BCUT2D eigenvalue weighted by Crippen LogP contribution is 2.47. The van der Waals surface area contributed by atoms with Gasteiger partial charge in [0.05, 0.1) is 5.56 Å². The minimum absolute atomic E-state index is 0.00450. The number of benzene rings is 1. The normalized spacial score (nSPS) is 20.6. The summed E-state index contributed by atoms with van der Waals surface area (Å²) in [5, 5.41) is 7.62. The molecule has 2 aliphatic rings. The zero-order chi connectivity index (χ0) is 21.8. The highest BCUT2D eigenvalue weighted by Gasteiger charge is 2.37. The first-order valence-corrected chi connectivity index (χ1v) is 12.5. The molecular weight excluding hydrogens is 472 g/mol. The Morgan fingerprint density at radius 1 is 1.23 bits per heavy atom. The highest BCUT2D eigenvalue weighted by molar-refractivity contribution is 9.10. The van der Waals surface area contributed by atoms with Gasteiger partial charge >= 0.3 is 0 Å². The van der Waals surface area contributed by atoms with Crippen molar-refractivity contribution in [3.8, 4) is 11.3 Å². The molecule has 3 aromatic rings. The summed E-state index contributed by atoms with van der Waals surface area (Å²) < 4.78 is 7.12. The summed E-state index contributed by atoms with van der Waals surface area (Å²) in [4.78, 5) is 14.4. The van der Waals surface area contributed by atoms with Gasteiger partial charge in [0.15, 0.2) is 6.17 Å². The molecule has 31 heavy (non-hydrogen) atoms. The lowest BCUT2D eigenvalue weighted by atomic mass is 9.69. The van der Waals surface area contributed by atoms with Gasteiger partial charge < -0.3 is 15.1 Å². The number of anilines is 1. The number of thiophene rings is 1. The molecule has 5 rings (SSSR count). The predicted octanol–water partition coefficient (Wildman–Crippen LogP) is 7.17. The van der Waals surface area contributed by atoms with Crippen LogP contribution in [-0.2, 0) is 12.8 Å². The average molecular weight is 499 g/mol. The molecule has 0 unspecified atom stereocenters. The van der Waals surface area contributed by atoms with Gasteiger partial charge in [0.2, 0.25) is 0 Å². The third kappa shape index (κ3) is 3.74. The van der Waals surface area contributed by atoms with E-state index in [1.165, 1.54) is 16.9 Å². The number of carbonyl (C=O) groups excluding carboxylic acids is 1. The number of rotatable bonds is 4. The van der Waals surface area contributed by atoms with Crippen LogP contribution in [0.25, 0.3) is 11.3 Å². The monoisotopic (exact) mass is 498 g/mol. The van der Waals surface area contributed by atoms with Crippen molar-refractivity contribution in [2.24, 2.45) is 11.3 Å². The summed E-state index contributed by atoms with van der Waals surface area (Å²) in [6, 6.07) is 11.9. The third-order valence-corrected chi connectivity index (χ3v) is 8.76. The minimum Gasteiger partial charge on any atom is -0.457 e. The van der Waals surface area contributed by atoms with Crippen LogP contribution in [0.5, 0.6) is 0 Å². The fourth-order valence-corrected chi connectivity index (χ4v) is 6.45. The Balaban J connectivity index is 1.40. The molecule has 0 fully saturated rings. The van der Waals surface area contributed by atoms with Crippen LogP contribution in [0, 0.1) is 11.3 Å². The van der Waals surface area contributed by atoms with E-state index >= 15 is 0 Å². The van der Waals surface area contributed by atoms with Crippen LogP contribution in [0.3, 0.4) is 0 Å². The maximum atomic E-state index is 13.1. The molecule has 0 saturated heterocycles. The first kappa shape index (κ1) is 20.8. The van der Waals surface area contributed by atoms with Gasteiger partial charge in [-0.1, -0.05) is 55.3 Å². The lowest BCUT2D eigenvalue weighted by Crippen LogP contribution is -2.38. The van der Waals surface area contributed by atoms with Crippen LogP contribution >= 0.6 is 27.3 Å². The molecule has 1 aliphatic heterocycles. The molecule has 1 aliphatic carbocycles. The summed E-state index contributed by atoms with van der Waals surface area (Å²) in [6.07, 6.45) is 4.04. The van der Waals surface area contributed by atoms with E-state index in [0.717, 1.165) is 45.6 Å². The third-order valence-electron chi connectivity index (χ3n) is 7.08. The smallest absolute Gasteiger partial charge is 0.256 e. The maximum absolute atomic E-state index is 13.1. The van der Waals surface area contributed by atoms with Crippen LogP contribution in [0.2, 0.25) is 0 Å². The summed E-state index contributed by atoms with van der Waals surface area (Å²) >= 11 is 5.26. The van der Waals surface area contributed by atoms with Crippen molar-refractivity contribution in [1.29, 1.82) is 0 Å². The Morgan fingerprint density at radius 3 is 2.84 bits per heavy atom. The van der Waals surface area contributed by atoms with E-state index in [9.17, 15) is 4.79 Å². The van der Waals surface area contributed by atoms with Crippen molar-refractivity contribution in [2.45, 2.75) is 52.6 Å². The number of hydrogen-bond donors (Lipinski definition) is 2. The van der Waals surface area contributed by atoms with Gasteiger partial charge in [-0.2, -0.15) is 0 Å². The van der Waals surface area contributed by atoms with Gasteiger partial charge in [0, 0.05) is 14.9 Å². The van der Waals surface area contributed by atoms with Crippen LogP contribution in [-0.4, -0.2) is 5.91 Å². The predicted molar refractivity (Wildman–Crippen MR) is 130 cm³/mol. The average Bonchev–Trinajstić information content (AvgIpc) is 3.38. The maximum Gasteiger partial charge on any atom is 0.256 e. The van der Waals surface area contributed by atoms with Gasteiger partial charge in [-0.05, 0) is 60.4 Å². The van der Waals surface area contributed by atoms with Gasteiger partial charge in [-0.25, -0.2) is 0 Å². The van der Waals surface area contributed by atoms with Crippen LogP contribution in [0.4, 0.5) is 5.00 Å². The Morgan fingerprint density at radius 2 is 2.06 bits per heavy atom. The molecule has 6 heteroatoms. The van der Waals surface area contributed by atoms with Crippen molar-refractivity contribution in [3.05, 3.63) is 62.6 Å². The molecule has 2 atom stereocenters. The number of fused-ring (bicyclic) bond motifs is 3. The van der Waals surface area contributed by atoms with Gasteiger partial charge in [-0.15, -0.1) is 11.3 Å². The Hall–Kier alpha value is -2.05. The van der Waals surface area contributed by atoms with Gasteiger partial charge in [0.1, 0.15) is 16.5 Å². The van der Waals surface area contributed by atoms with Crippen molar-refractivity contribution in [3.63, 3.8) is 0 Å². The highest BCUT2D eigenvalue weighted by atomic mass is 79.9. The number of carbonyl (C=O) groups is 1. The topological polar surface area (TPSA) is 54.3 Å². The van der Waals surface area contributed by atoms with E-state index in [-0.39, 0.29) is 12.1 Å². The summed E-state index contributed by atoms with van der Waals surface area (Å²) in [5.41, 5.74) is 3.43. The van der Waals surface area contributed by atoms with Crippen molar-refractivity contribution in [2.75, 3.05) is 5.32 Å². The largest absolute Gasteiger partial charge is 0.457 e. The first-order valence-electron chi connectivity index (χ1n) is 10.9. The minimum atomic E-state index is -0.358. The van der Waals surface area contributed by atoms with Gasteiger partial charge in [0.25, 0.3) is 5.91 Å². The molecule has 1 amide bonds. The summed E-state index contributed by atoms with van der Waals surface area (Å²) in [7, 11) is 0. The van der Waals surface area contributed by atoms with Crippen molar-refractivity contribution < 1.29 is 9.21 Å². The fourth-order valence-electron chi connectivity index (χ4n) is 4.70. The summed E-state index contributed by atoms with van der Waals surface area (Å²) in [5.74, 6) is 2.17. The first-order chi connectivity index (χ1) is 14.9. The van der Waals surface area contributed by atoms with E-state index in [0.29, 0.717) is 17.1 Å².